The molecule has 15 heavy (non-hydrogen) atoms. The molecule has 0 saturated carbocycles. The third-order valence-electron chi connectivity index (χ3n) is 2.14. The van der Waals surface area contributed by atoms with Gasteiger partial charge in [0.05, 0.1) is 6.61 Å². The molecular formula is C10H23N3O2. The molecule has 0 aromatic heterocycles. The minimum absolute atomic E-state index is 0.0596. The molecule has 0 aliphatic heterocycles. The summed E-state index contributed by atoms with van der Waals surface area (Å²) in [5.41, 5.74) is 5.63. The average Bonchev–Trinajstić information content (AvgIpc) is 2.16. The Balaban J connectivity index is 3.78. The van der Waals surface area contributed by atoms with E-state index in [2.05, 4.69) is 4.90 Å². The zero-order valence-electron chi connectivity index (χ0n) is 10.2. The third-order valence-corrected chi connectivity index (χ3v) is 2.14. The summed E-state index contributed by atoms with van der Waals surface area (Å²) >= 11 is 0. The summed E-state index contributed by atoms with van der Waals surface area (Å²) in [6.07, 6.45) is 0.953. The van der Waals surface area contributed by atoms with Crippen LogP contribution in [0.5, 0.6) is 0 Å². The number of carbonyl (C=O) groups excluding carboxylic acids is 1. The molecule has 90 valence electrons. The van der Waals surface area contributed by atoms with Crippen LogP contribution in [0.1, 0.15) is 6.42 Å². The van der Waals surface area contributed by atoms with Gasteiger partial charge in [0.1, 0.15) is 6.04 Å². The fraction of sp³-hybridized carbons (Fsp3) is 0.900. The van der Waals surface area contributed by atoms with Crippen molar-refractivity contribution in [2.75, 3.05) is 47.9 Å². The Hall–Kier alpha value is -0.650. The molecule has 0 rings (SSSR count). The molecule has 0 aliphatic rings. The Morgan fingerprint density at radius 1 is 1.33 bits per heavy atom. The Bertz CT molecular complexity index is 186. The van der Waals surface area contributed by atoms with Crippen molar-refractivity contribution in [3.8, 4) is 0 Å². The number of carbonyl (C=O) groups is 1. The molecule has 0 fully saturated rings. The predicted octanol–water partition coefficient (Wildman–Crippen LogP) is -0.630. The van der Waals surface area contributed by atoms with Crippen molar-refractivity contribution < 1.29 is 9.53 Å². The van der Waals surface area contributed by atoms with Crippen LogP contribution in [0.15, 0.2) is 0 Å². The summed E-state index contributed by atoms with van der Waals surface area (Å²) in [6, 6.07) is -0.542. The quantitative estimate of drug-likeness (QED) is 0.617. The van der Waals surface area contributed by atoms with Gasteiger partial charge in [0.15, 0.2) is 0 Å². The standard InChI is InChI=1S/C10H23N3O2/c1-12(2)6-5-7-13(3)10(14)9(11)8-15-4/h9H,5-8,11H2,1-4H3. The van der Waals surface area contributed by atoms with Crippen molar-refractivity contribution in [3.63, 3.8) is 0 Å². The molecule has 0 saturated heterocycles. The number of rotatable bonds is 7. The lowest BCUT2D eigenvalue weighted by Crippen LogP contribution is -2.45. The van der Waals surface area contributed by atoms with Crippen LogP contribution in [0.25, 0.3) is 0 Å². The van der Waals surface area contributed by atoms with Crippen molar-refractivity contribution in [2.45, 2.75) is 12.5 Å². The second-order valence-corrected chi connectivity index (χ2v) is 3.98. The highest BCUT2D eigenvalue weighted by Crippen LogP contribution is 1.94. The number of likely N-dealkylation sites (N-methyl/N-ethyl adjacent to an activating group) is 1. The fourth-order valence-electron chi connectivity index (χ4n) is 1.27. The second kappa shape index (κ2) is 7.62. The molecule has 0 aliphatic carbocycles. The lowest BCUT2D eigenvalue weighted by atomic mass is 10.2. The van der Waals surface area contributed by atoms with Crippen LogP contribution >= 0.6 is 0 Å². The van der Waals surface area contributed by atoms with E-state index in [1.165, 1.54) is 0 Å². The van der Waals surface area contributed by atoms with Crippen LogP contribution in [0.3, 0.4) is 0 Å². The second-order valence-electron chi connectivity index (χ2n) is 3.98. The van der Waals surface area contributed by atoms with E-state index in [4.69, 9.17) is 10.5 Å². The lowest BCUT2D eigenvalue weighted by Gasteiger charge is -2.21. The third kappa shape index (κ3) is 6.43. The first-order chi connectivity index (χ1) is 6.99. The first-order valence-electron chi connectivity index (χ1n) is 5.13. The molecule has 0 heterocycles. The van der Waals surface area contributed by atoms with Crippen LogP contribution in [0.2, 0.25) is 0 Å². The van der Waals surface area contributed by atoms with Gasteiger partial charge in [-0.15, -0.1) is 0 Å². The Morgan fingerprint density at radius 3 is 2.40 bits per heavy atom. The summed E-state index contributed by atoms with van der Waals surface area (Å²) in [4.78, 5) is 15.4. The SMILES string of the molecule is COCC(N)C(=O)N(C)CCCN(C)C. The maximum Gasteiger partial charge on any atom is 0.241 e. The molecule has 2 N–H and O–H groups in total. The van der Waals surface area contributed by atoms with E-state index < -0.39 is 6.04 Å². The average molecular weight is 217 g/mol. The molecule has 1 amide bonds. The number of ether oxygens (including phenoxy) is 1. The fourth-order valence-corrected chi connectivity index (χ4v) is 1.27. The van der Waals surface area contributed by atoms with E-state index in [1.54, 1.807) is 19.1 Å². The monoisotopic (exact) mass is 217 g/mol. The molecule has 0 spiro atoms. The number of nitrogens with zero attached hydrogens (tertiary/aromatic N) is 2. The highest BCUT2D eigenvalue weighted by molar-refractivity contribution is 5.81. The molecular weight excluding hydrogens is 194 g/mol. The van der Waals surface area contributed by atoms with Gasteiger partial charge in [-0.1, -0.05) is 0 Å². The van der Waals surface area contributed by atoms with Crippen molar-refractivity contribution in [1.82, 2.24) is 9.80 Å². The maximum atomic E-state index is 11.6. The van der Waals surface area contributed by atoms with E-state index in [9.17, 15) is 4.79 Å². The van der Waals surface area contributed by atoms with Gasteiger partial charge < -0.3 is 20.3 Å². The van der Waals surface area contributed by atoms with E-state index >= 15 is 0 Å². The van der Waals surface area contributed by atoms with Crippen molar-refractivity contribution in [2.24, 2.45) is 5.73 Å². The van der Waals surface area contributed by atoms with Gasteiger partial charge in [-0.3, -0.25) is 4.79 Å². The van der Waals surface area contributed by atoms with Crippen LogP contribution < -0.4 is 5.73 Å². The molecule has 0 bridgehead atoms. The summed E-state index contributed by atoms with van der Waals surface area (Å²) < 4.78 is 4.84. The molecule has 5 heteroatoms. The Morgan fingerprint density at radius 2 is 1.93 bits per heavy atom. The normalized spacial score (nSPS) is 12.9. The maximum absolute atomic E-state index is 11.6. The number of hydrogen-bond acceptors (Lipinski definition) is 4. The number of amides is 1. The van der Waals surface area contributed by atoms with Gasteiger partial charge in [-0.2, -0.15) is 0 Å². The molecule has 0 aromatic rings. The number of methoxy groups -OCH3 is 1. The minimum atomic E-state index is -0.542. The van der Waals surface area contributed by atoms with E-state index in [0.29, 0.717) is 0 Å². The molecule has 5 nitrogen and oxygen atoms in total. The number of nitrogens with two attached hydrogens (primary N) is 1. The van der Waals surface area contributed by atoms with Crippen molar-refractivity contribution in [1.29, 1.82) is 0 Å². The predicted molar refractivity (Wildman–Crippen MR) is 60.7 cm³/mol. The topological polar surface area (TPSA) is 58.8 Å². The highest BCUT2D eigenvalue weighted by Gasteiger charge is 2.17. The zero-order chi connectivity index (χ0) is 11.8. The summed E-state index contributed by atoms with van der Waals surface area (Å²) in [7, 11) is 7.34. The van der Waals surface area contributed by atoms with Crippen LogP contribution in [0, 0.1) is 0 Å². The van der Waals surface area contributed by atoms with Gasteiger partial charge in [0.2, 0.25) is 5.91 Å². The van der Waals surface area contributed by atoms with Gasteiger partial charge in [-0.05, 0) is 27.1 Å². The largest absolute Gasteiger partial charge is 0.383 e. The van der Waals surface area contributed by atoms with Crippen LogP contribution in [0.4, 0.5) is 0 Å². The lowest BCUT2D eigenvalue weighted by molar-refractivity contribution is -0.132. The smallest absolute Gasteiger partial charge is 0.241 e. The van der Waals surface area contributed by atoms with E-state index in [0.717, 1.165) is 19.5 Å². The van der Waals surface area contributed by atoms with Crippen molar-refractivity contribution in [3.05, 3.63) is 0 Å². The van der Waals surface area contributed by atoms with Gasteiger partial charge in [-0.25, -0.2) is 0 Å². The highest BCUT2D eigenvalue weighted by atomic mass is 16.5. The van der Waals surface area contributed by atoms with Gasteiger partial charge in [0.25, 0.3) is 0 Å². The zero-order valence-corrected chi connectivity index (χ0v) is 10.2. The van der Waals surface area contributed by atoms with Crippen LogP contribution in [-0.4, -0.2) is 69.7 Å². The summed E-state index contributed by atoms with van der Waals surface area (Å²) in [5, 5.41) is 0. The van der Waals surface area contributed by atoms with E-state index in [1.807, 2.05) is 14.1 Å². The van der Waals surface area contributed by atoms with Crippen LogP contribution in [-0.2, 0) is 9.53 Å². The Labute approximate surface area is 92.2 Å². The summed E-state index contributed by atoms with van der Waals surface area (Å²) in [5.74, 6) is -0.0596. The first-order valence-corrected chi connectivity index (χ1v) is 5.13. The molecule has 1 atom stereocenters. The molecule has 1 unspecified atom stereocenters. The minimum Gasteiger partial charge on any atom is -0.383 e. The van der Waals surface area contributed by atoms with Gasteiger partial charge in [0, 0.05) is 20.7 Å². The van der Waals surface area contributed by atoms with Gasteiger partial charge >= 0.3 is 0 Å². The van der Waals surface area contributed by atoms with E-state index in [-0.39, 0.29) is 12.5 Å². The molecule has 0 aromatic carbocycles. The Kier molecular flexibility index (Phi) is 7.29. The summed E-state index contributed by atoms with van der Waals surface area (Å²) in [6.45, 7) is 1.97. The van der Waals surface area contributed by atoms with Crippen molar-refractivity contribution >= 4 is 5.91 Å². The molecule has 0 radical (unpaired) electrons. The number of hydrogen-bond donors (Lipinski definition) is 1. The first kappa shape index (κ1) is 14.3.